The molecule has 2 rings (SSSR count). The van der Waals surface area contributed by atoms with Crippen LogP contribution < -0.4 is 10.6 Å². The van der Waals surface area contributed by atoms with Gasteiger partial charge in [0, 0.05) is 15.8 Å². The molecule has 0 unspecified atom stereocenters. The molecule has 0 saturated carbocycles. The van der Waals surface area contributed by atoms with Gasteiger partial charge in [0.15, 0.2) is 0 Å². The predicted octanol–water partition coefficient (Wildman–Crippen LogP) is 3.72. The van der Waals surface area contributed by atoms with Crippen LogP contribution in [0.1, 0.15) is 12.0 Å². The number of carbonyl (C=O) groups excluding carboxylic acids is 2. The summed E-state index contributed by atoms with van der Waals surface area (Å²) < 4.78 is 0.911. The Bertz CT molecular complexity index is 657. The molecule has 108 valence electrons. The number of benzene rings is 2. The van der Waals surface area contributed by atoms with Gasteiger partial charge in [0.2, 0.25) is 11.8 Å². The topological polar surface area (TPSA) is 58.2 Å². The van der Waals surface area contributed by atoms with E-state index in [0.29, 0.717) is 11.4 Å². The lowest BCUT2D eigenvalue weighted by Crippen LogP contribution is -2.21. The summed E-state index contributed by atoms with van der Waals surface area (Å²) in [4.78, 5) is 23.6. The first kappa shape index (κ1) is 15.3. The standard InChI is InChI=1S/C16H15BrN2O2/c1-11-7-8-13(9-14(11)17)19-16(21)10-15(20)18-12-5-3-2-4-6-12/h2-9H,10H2,1H3,(H,18,20)(H,19,21). The van der Waals surface area contributed by atoms with E-state index in [1.165, 1.54) is 0 Å². The minimum Gasteiger partial charge on any atom is -0.326 e. The Balaban J connectivity index is 1.89. The molecule has 4 nitrogen and oxygen atoms in total. The van der Waals surface area contributed by atoms with Crippen LogP contribution in [0.5, 0.6) is 0 Å². The van der Waals surface area contributed by atoms with Crippen LogP contribution in [0.4, 0.5) is 11.4 Å². The molecule has 0 atom stereocenters. The van der Waals surface area contributed by atoms with Gasteiger partial charge in [0.05, 0.1) is 0 Å². The first-order chi connectivity index (χ1) is 10.0. The third-order valence-corrected chi connectivity index (χ3v) is 3.69. The molecule has 2 aromatic carbocycles. The van der Waals surface area contributed by atoms with E-state index >= 15 is 0 Å². The van der Waals surface area contributed by atoms with Gasteiger partial charge in [-0.05, 0) is 36.8 Å². The number of anilines is 2. The third-order valence-electron chi connectivity index (χ3n) is 2.83. The van der Waals surface area contributed by atoms with E-state index in [-0.39, 0.29) is 18.2 Å². The fourth-order valence-electron chi connectivity index (χ4n) is 1.75. The van der Waals surface area contributed by atoms with Gasteiger partial charge in [-0.15, -0.1) is 0 Å². The maximum atomic E-state index is 11.8. The maximum absolute atomic E-state index is 11.8. The Morgan fingerprint density at radius 1 is 0.952 bits per heavy atom. The molecule has 0 bridgehead atoms. The summed E-state index contributed by atoms with van der Waals surface area (Å²) in [6.07, 6.45) is -0.222. The Kier molecular flexibility index (Phi) is 5.11. The van der Waals surface area contributed by atoms with Crippen molar-refractivity contribution in [2.45, 2.75) is 13.3 Å². The van der Waals surface area contributed by atoms with Crippen LogP contribution in [0.3, 0.4) is 0 Å². The number of halogens is 1. The lowest BCUT2D eigenvalue weighted by molar-refractivity contribution is -0.123. The number of carbonyl (C=O) groups is 2. The van der Waals surface area contributed by atoms with Crippen LogP contribution in [0.2, 0.25) is 0 Å². The molecule has 0 saturated heterocycles. The zero-order chi connectivity index (χ0) is 15.2. The SMILES string of the molecule is Cc1ccc(NC(=O)CC(=O)Nc2ccccc2)cc1Br. The van der Waals surface area contributed by atoms with Crippen molar-refractivity contribution in [3.8, 4) is 0 Å². The number of nitrogens with one attached hydrogen (secondary N) is 2. The van der Waals surface area contributed by atoms with Crippen LogP contribution in [-0.2, 0) is 9.59 Å². The molecule has 0 aliphatic heterocycles. The van der Waals surface area contributed by atoms with Gasteiger partial charge in [-0.25, -0.2) is 0 Å². The highest BCUT2D eigenvalue weighted by Gasteiger charge is 2.10. The molecule has 0 heterocycles. The fourth-order valence-corrected chi connectivity index (χ4v) is 2.13. The largest absolute Gasteiger partial charge is 0.326 e. The average Bonchev–Trinajstić information content (AvgIpc) is 2.43. The smallest absolute Gasteiger partial charge is 0.233 e. The molecule has 0 fully saturated rings. The summed E-state index contributed by atoms with van der Waals surface area (Å²) in [5, 5.41) is 5.37. The quantitative estimate of drug-likeness (QED) is 0.828. The van der Waals surface area contributed by atoms with E-state index in [4.69, 9.17) is 0 Å². The average molecular weight is 347 g/mol. The number of hydrogen-bond acceptors (Lipinski definition) is 2. The van der Waals surface area contributed by atoms with E-state index in [0.717, 1.165) is 10.0 Å². The molecule has 0 aliphatic carbocycles. The van der Waals surface area contributed by atoms with Crippen molar-refractivity contribution in [1.82, 2.24) is 0 Å². The van der Waals surface area contributed by atoms with Crippen molar-refractivity contribution < 1.29 is 9.59 Å². The van der Waals surface area contributed by atoms with Crippen LogP contribution >= 0.6 is 15.9 Å². The fraction of sp³-hybridized carbons (Fsp3) is 0.125. The zero-order valence-corrected chi connectivity index (χ0v) is 13.1. The van der Waals surface area contributed by atoms with E-state index in [2.05, 4.69) is 26.6 Å². The van der Waals surface area contributed by atoms with Crippen molar-refractivity contribution in [2.24, 2.45) is 0 Å². The highest BCUT2D eigenvalue weighted by atomic mass is 79.9. The zero-order valence-electron chi connectivity index (χ0n) is 11.5. The highest BCUT2D eigenvalue weighted by Crippen LogP contribution is 2.20. The van der Waals surface area contributed by atoms with Gasteiger partial charge in [0.25, 0.3) is 0 Å². The summed E-state index contributed by atoms with van der Waals surface area (Å²) in [6, 6.07) is 14.5. The Labute approximate surface area is 131 Å². The first-order valence-corrected chi connectivity index (χ1v) is 7.25. The van der Waals surface area contributed by atoms with Crippen molar-refractivity contribution in [3.05, 3.63) is 58.6 Å². The predicted molar refractivity (Wildman–Crippen MR) is 87.2 cm³/mol. The van der Waals surface area contributed by atoms with Gasteiger partial charge in [-0.3, -0.25) is 9.59 Å². The lowest BCUT2D eigenvalue weighted by atomic mass is 10.2. The molecule has 5 heteroatoms. The molecule has 2 N–H and O–H groups in total. The van der Waals surface area contributed by atoms with Crippen molar-refractivity contribution in [1.29, 1.82) is 0 Å². The van der Waals surface area contributed by atoms with Crippen LogP contribution in [0.15, 0.2) is 53.0 Å². The number of rotatable bonds is 4. The molecule has 0 aliphatic rings. The molecule has 0 spiro atoms. The molecular weight excluding hydrogens is 332 g/mol. The molecule has 0 radical (unpaired) electrons. The lowest BCUT2D eigenvalue weighted by Gasteiger charge is -2.08. The second kappa shape index (κ2) is 7.04. The van der Waals surface area contributed by atoms with Gasteiger partial charge in [0.1, 0.15) is 6.42 Å². The summed E-state index contributed by atoms with van der Waals surface area (Å²) in [5.41, 5.74) is 2.41. The summed E-state index contributed by atoms with van der Waals surface area (Å²) in [5.74, 6) is -0.691. The molecule has 21 heavy (non-hydrogen) atoms. The van der Waals surface area contributed by atoms with Crippen LogP contribution in [0, 0.1) is 6.92 Å². The molecular formula is C16H15BrN2O2. The highest BCUT2D eigenvalue weighted by molar-refractivity contribution is 9.10. The number of para-hydroxylation sites is 1. The molecule has 2 amide bonds. The second-order valence-corrected chi connectivity index (χ2v) is 5.46. The first-order valence-electron chi connectivity index (χ1n) is 6.45. The number of aryl methyl sites for hydroxylation is 1. The number of hydrogen-bond donors (Lipinski definition) is 2. The summed E-state index contributed by atoms with van der Waals surface area (Å²) in [6.45, 7) is 1.96. The van der Waals surface area contributed by atoms with Crippen LogP contribution in [-0.4, -0.2) is 11.8 Å². The van der Waals surface area contributed by atoms with E-state index < -0.39 is 0 Å². The Morgan fingerprint density at radius 3 is 2.19 bits per heavy atom. The third kappa shape index (κ3) is 4.72. The van der Waals surface area contributed by atoms with Gasteiger partial charge < -0.3 is 10.6 Å². The Hall–Kier alpha value is -2.14. The van der Waals surface area contributed by atoms with E-state index in [9.17, 15) is 9.59 Å². The second-order valence-electron chi connectivity index (χ2n) is 4.60. The van der Waals surface area contributed by atoms with Gasteiger partial charge >= 0.3 is 0 Å². The summed E-state index contributed by atoms with van der Waals surface area (Å²) >= 11 is 3.40. The monoisotopic (exact) mass is 346 g/mol. The molecule has 0 aromatic heterocycles. The maximum Gasteiger partial charge on any atom is 0.233 e. The van der Waals surface area contributed by atoms with E-state index in [1.54, 1.807) is 18.2 Å². The van der Waals surface area contributed by atoms with Gasteiger partial charge in [-0.2, -0.15) is 0 Å². The molecule has 2 aromatic rings. The van der Waals surface area contributed by atoms with Crippen molar-refractivity contribution in [2.75, 3.05) is 10.6 Å². The van der Waals surface area contributed by atoms with Gasteiger partial charge in [-0.1, -0.05) is 40.2 Å². The summed E-state index contributed by atoms with van der Waals surface area (Å²) in [7, 11) is 0. The minimum atomic E-state index is -0.348. The van der Waals surface area contributed by atoms with E-state index in [1.807, 2.05) is 37.3 Å². The van der Waals surface area contributed by atoms with Crippen LogP contribution in [0.25, 0.3) is 0 Å². The van der Waals surface area contributed by atoms with Crippen molar-refractivity contribution in [3.63, 3.8) is 0 Å². The minimum absolute atomic E-state index is 0.222. The Morgan fingerprint density at radius 2 is 1.57 bits per heavy atom. The number of amides is 2. The normalized spacial score (nSPS) is 10.0. The van der Waals surface area contributed by atoms with Crippen molar-refractivity contribution >= 4 is 39.1 Å².